The number of carbonyl (C=O) groups is 1. The Hall–Kier alpha value is -2.72. The molecule has 200 valence electrons. The van der Waals surface area contributed by atoms with Crippen molar-refractivity contribution in [2.45, 2.75) is 49.4 Å². The molecule has 6 atom stereocenters. The van der Waals surface area contributed by atoms with Crippen LogP contribution in [-0.2, 0) is 45.6 Å². The fraction of sp³-hybridized carbons (Fsp3) is 0.367. The summed E-state index contributed by atoms with van der Waals surface area (Å²) in [5, 5.41) is 0. The predicted octanol–water partition coefficient (Wildman–Crippen LogP) is 4.90. The van der Waals surface area contributed by atoms with E-state index in [1.165, 1.54) is 12.7 Å². The van der Waals surface area contributed by atoms with Crippen LogP contribution in [0.3, 0.4) is 0 Å². The molecule has 0 aliphatic carbocycles. The quantitative estimate of drug-likeness (QED) is 0.253. The summed E-state index contributed by atoms with van der Waals surface area (Å²) in [6.07, 6.45) is -4.42. The van der Waals surface area contributed by atoms with Crippen molar-refractivity contribution in [2.75, 3.05) is 19.5 Å². The van der Waals surface area contributed by atoms with E-state index < -0.39 is 43.0 Å². The SMILES string of the molecule is COC(=O)C1O[C@H](OCCSCc2ccccc2)C(OCc2ccccc2)[C@H]2OC(c3ccccc3)O[C@@H]12. The summed E-state index contributed by atoms with van der Waals surface area (Å²) < 4.78 is 36.3. The molecule has 3 unspecified atom stereocenters. The van der Waals surface area contributed by atoms with Gasteiger partial charge in [0, 0.05) is 17.1 Å². The molecule has 7 nitrogen and oxygen atoms in total. The van der Waals surface area contributed by atoms with Crippen LogP contribution in [0.4, 0.5) is 0 Å². The van der Waals surface area contributed by atoms with Crippen molar-refractivity contribution in [3.8, 4) is 0 Å². The molecule has 0 amide bonds. The zero-order valence-electron chi connectivity index (χ0n) is 21.2. The van der Waals surface area contributed by atoms with Crippen molar-refractivity contribution >= 4 is 17.7 Å². The third-order valence-corrected chi connectivity index (χ3v) is 7.46. The first-order valence-electron chi connectivity index (χ1n) is 12.7. The van der Waals surface area contributed by atoms with Gasteiger partial charge in [0.2, 0.25) is 0 Å². The third kappa shape index (κ3) is 6.64. The van der Waals surface area contributed by atoms with Gasteiger partial charge < -0.3 is 28.4 Å². The molecular formula is C30H32O7S. The zero-order chi connectivity index (χ0) is 26.2. The lowest BCUT2D eigenvalue weighted by Crippen LogP contribution is -2.60. The molecule has 0 aromatic heterocycles. The molecule has 0 saturated carbocycles. The molecule has 2 saturated heterocycles. The Morgan fingerprint density at radius 1 is 0.789 bits per heavy atom. The lowest BCUT2D eigenvalue weighted by molar-refractivity contribution is -0.286. The van der Waals surface area contributed by atoms with E-state index in [9.17, 15) is 4.79 Å². The number of thioether (sulfide) groups is 1. The summed E-state index contributed by atoms with van der Waals surface area (Å²) in [4.78, 5) is 12.7. The highest BCUT2D eigenvalue weighted by Crippen LogP contribution is 2.41. The highest BCUT2D eigenvalue weighted by atomic mass is 32.2. The van der Waals surface area contributed by atoms with Gasteiger partial charge in [-0.25, -0.2) is 4.79 Å². The summed E-state index contributed by atoms with van der Waals surface area (Å²) in [5.74, 6) is 1.10. The maximum atomic E-state index is 12.7. The van der Waals surface area contributed by atoms with E-state index >= 15 is 0 Å². The minimum absolute atomic E-state index is 0.336. The first kappa shape index (κ1) is 26.9. The van der Waals surface area contributed by atoms with Crippen molar-refractivity contribution in [2.24, 2.45) is 0 Å². The monoisotopic (exact) mass is 536 g/mol. The summed E-state index contributed by atoms with van der Waals surface area (Å²) >= 11 is 1.77. The van der Waals surface area contributed by atoms with Crippen molar-refractivity contribution in [3.05, 3.63) is 108 Å². The van der Waals surface area contributed by atoms with Crippen molar-refractivity contribution < 1.29 is 33.2 Å². The summed E-state index contributed by atoms with van der Waals surface area (Å²) in [6.45, 7) is 0.755. The molecule has 5 rings (SSSR count). The maximum absolute atomic E-state index is 12.7. The first-order chi connectivity index (χ1) is 18.7. The number of rotatable bonds is 11. The molecule has 3 aromatic rings. The van der Waals surface area contributed by atoms with E-state index in [1.807, 2.05) is 78.9 Å². The third-order valence-electron chi connectivity index (χ3n) is 6.47. The zero-order valence-corrected chi connectivity index (χ0v) is 22.0. The van der Waals surface area contributed by atoms with Gasteiger partial charge in [-0.3, -0.25) is 0 Å². The van der Waals surface area contributed by atoms with E-state index in [1.54, 1.807) is 11.8 Å². The van der Waals surface area contributed by atoms with Crippen LogP contribution in [0.1, 0.15) is 23.0 Å². The van der Waals surface area contributed by atoms with Crippen LogP contribution in [0, 0.1) is 0 Å². The molecule has 0 N–H and O–H groups in total. The molecule has 2 aliphatic heterocycles. The van der Waals surface area contributed by atoms with Crippen LogP contribution in [0.25, 0.3) is 0 Å². The van der Waals surface area contributed by atoms with Gasteiger partial charge in [0.25, 0.3) is 0 Å². The number of hydrogen-bond acceptors (Lipinski definition) is 8. The molecule has 0 bridgehead atoms. The van der Waals surface area contributed by atoms with E-state index in [4.69, 9.17) is 28.4 Å². The fourth-order valence-corrected chi connectivity index (χ4v) is 5.36. The fourth-order valence-electron chi connectivity index (χ4n) is 4.57. The van der Waals surface area contributed by atoms with Crippen molar-refractivity contribution in [1.82, 2.24) is 0 Å². The Morgan fingerprint density at radius 2 is 1.42 bits per heavy atom. The molecule has 3 aromatic carbocycles. The van der Waals surface area contributed by atoms with Crippen LogP contribution < -0.4 is 0 Å². The second-order valence-electron chi connectivity index (χ2n) is 9.06. The normalized spacial score (nSPS) is 26.6. The van der Waals surface area contributed by atoms with Gasteiger partial charge >= 0.3 is 5.97 Å². The molecule has 0 radical (unpaired) electrons. The minimum atomic E-state index is -1.00. The summed E-state index contributed by atoms with van der Waals surface area (Å²) in [7, 11) is 1.33. The number of benzene rings is 3. The Kier molecular flexibility index (Phi) is 9.46. The molecule has 0 spiro atoms. The van der Waals surface area contributed by atoms with Crippen LogP contribution >= 0.6 is 11.8 Å². The standard InChI is InChI=1S/C30H32O7S/c1-32-28(31)26-24-25(36-29(35-24)23-15-9-4-10-16-23)27(34-19-21-11-5-2-6-12-21)30(37-26)33-17-18-38-20-22-13-7-3-8-14-22/h2-16,24-27,29-30H,17-20H2,1H3/t24-,25+,26?,27?,29?,30+/m1/s1. The van der Waals surface area contributed by atoms with Crippen molar-refractivity contribution in [1.29, 1.82) is 0 Å². The van der Waals surface area contributed by atoms with E-state index in [-0.39, 0.29) is 0 Å². The molecular weight excluding hydrogens is 504 g/mol. The van der Waals surface area contributed by atoms with Crippen molar-refractivity contribution in [3.63, 3.8) is 0 Å². The van der Waals surface area contributed by atoms with Crippen LogP contribution in [-0.4, -0.2) is 56.1 Å². The van der Waals surface area contributed by atoms with Crippen LogP contribution in [0.2, 0.25) is 0 Å². The second kappa shape index (κ2) is 13.4. The van der Waals surface area contributed by atoms with Gasteiger partial charge in [-0.2, -0.15) is 11.8 Å². The molecule has 2 heterocycles. The van der Waals surface area contributed by atoms with Gasteiger partial charge in [-0.05, 0) is 11.1 Å². The Bertz CT molecular complexity index is 1130. The average molecular weight is 537 g/mol. The number of esters is 1. The Balaban J connectivity index is 1.30. The lowest BCUT2D eigenvalue weighted by Gasteiger charge is -2.40. The Labute approximate surface area is 227 Å². The van der Waals surface area contributed by atoms with E-state index in [0.717, 1.165) is 22.6 Å². The lowest BCUT2D eigenvalue weighted by atomic mass is 9.98. The Morgan fingerprint density at radius 3 is 2.11 bits per heavy atom. The van der Waals surface area contributed by atoms with Gasteiger partial charge in [0.1, 0.15) is 18.3 Å². The van der Waals surface area contributed by atoms with E-state index in [0.29, 0.717) is 13.2 Å². The van der Waals surface area contributed by atoms with Gasteiger partial charge in [-0.1, -0.05) is 91.0 Å². The largest absolute Gasteiger partial charge is 0.467 e. The number of ether oxygens (including phenoxy) is 6. The predicted molar refractivity (Wildman–Crippen MR) is 143 cm³/mol. The topological polar surface area (TPSA) is 72.5 Å². The number of carbonyl (C=O) groups excluding carboxylic acids is 1. The molecule has 8 heteroatoms. The van der Waals surface area contributed by atoms with Crippen LogP contribution in [0.15, 0.2) is 91.0 Å². The number of methoxy groups -OCH3 is 1. The minimum Gasteiger partial charge on any atom is -0.467 e. The number of fused-ring (bicyclic) bond motifs is 1. The molecule has 2 aliphatic rings. The smallest absolute Gasteiger partial charge is 0.337 e. The second-order valence-corrected chi connectivity index (χ2v) is 10.2. The highest BCUT2D eigenvalue weighted by molar-refractivity contribution is 7.98. The molecule has 38 heavy (non-hydrogen) atoms. The molecule has 2 fully saturated rings. The van der Waals surface area contributed by atoms with Gasteiger partial charge in [0.05, 0.1) is 20.3 Å². The average Bonchev–Trinajstić information content (AvgIpc) is 3.42. The van der Waals surface area contributed by atoms with Gasteiger partial charge in [0.15, 0.2) is 18.7 Å². The highest BCUT2D eigenvalue weighted by Gasteiger charge is 2.56. The number of hydrogen-bond donors (Lipinski definition) is 0. The van der Waals surface area contributed by atoms with Crippen LogP contribution in [0.5, 0.6) is 0 Å². The first-order valence-corrected chi connectivity index (χ1v) is 13.9. The van der Waals surface area contributed by atoms with E-state index in [2.05, 4.69) is 12.1 Å². The summed E-state index contributed by atoms with van der Waals surface area (Å²) in [5.41, 5.74) is 3.12. The summed E-state index contributed by atoms with van der Waals surface area (Å²) in [6, 6.07) is 29.8. The van der Waals surface area contributed by atoms with Gasteiger partial charge in [-0.15, -0.1) is 0 Å². The maximum Gasteiger partial charge on any atom is 0.337 e.